The number of amides is 1. The third-order valence-corrected chi connectivity index (χ3v) is 3.60. The molecule has 5 nitrogen and oxygen atoms in total. The topological polar surface area (TPSA) is 49.9 Å². The molecule has 1 aromatic rings. The number of hydrogen-bond acceptors (Lipinski definition) is 4. The van der Waals surface area contributed by atoms with E-state index in [1.165, 1.54) is 13.2 Å². The Morgan fingerprint density at radius 2 is 1.81 bits per heavy atom. The maximum atomic E-state index is 13.7. The number of nitrogens with zero attached hydrogens (tertiary/aromatic N) is 2. The molecule has 1 amide bonds. The van der Waals surface area contributed by atoms with E-state index in [1.807, 2.05) is 4.90 Å². The number of methoxy groups -OCH3 is 1. The Labute approximate surface area is 123 Å². The zero-order chi connectivity index (χ0) is 15.2. The van der Waals surface area contributed by atoms with Crippen LogP contribution in [0.3, 0.4) is 0 Å². The highest BCUT2D eigenvalue weighted by Gasteiger charge is 2.22. The minimum absolute atomic E-state index is 0.0615. The van der Waals surface area contributed by atoms with Gasteiger partial charge in [0.2, 0.25) is 5.91 Å². The number of esters is 1. The molecule has 0 aromatic heterocycles. The number of benzene rings is 1. The monoisotopic (exact) mass is 294 g/mol. The minimum Gasteiger partial charge on any atom is -0.469 e. The number of carbonyl (C=O) groups excluding carboxylic acids is 2. The molecule has 1 aliphatic rings. The normalized spacial score (nSPS) is 15.0. The fourth-order valence-electron chi connectivity index (χ4n) is 2.37. The van der Waals surface area contributed by atoms with E-state index in [0.29, 0.717) is 31.9 Å². The first-order valence-corrected chi connectivity index (χ1v) is 6.96. The van der Waals surface area contributed by atoms with Crippen LogP contribution in [0, 0.1) is 5.82 Å². The summed E-state index contributed by atoms with van der Waals surface area (Å²) in [5.74, 6) is -0.690. The third-order valence-electron chi connectivity index (χ3n) is 3.60. The van der Waals surface area contributed by atoms with Crippen LogP contribution in [0.2, 0.25) is 0 Å². The fraction of sp³-hybridized carbons (Fsp3) is 0.467. The predicted molar refractivity (Wildman–Crippen MR) is 76.4 cm³/mol. The van der Waals surface area contributed by atoms with Gasteiger partial charge in [-0.2, -0.15) is 0 Å². The van der Waals surface area contributed by atoms with E-state index in [9.17, 15) is 14.0 Å². The second kappa shape index (κ2) is 7.06. The Balaban J connectivity index is 1.84. The summed E-state index contributed by atoms with van der Waals surface area (Å²) in [6.45, 7) is 2.25. The highest BCUT2D eigenvalue weighted by atomic mass is 19.1. The van der Waals surface area contributed by atoms with Crippen molar-refractivity contribution in [1.29, 1.82) is 0 Å². The lowest BCUT2D eigenvalue weighted by Gasteiger charge is -2.36. The molecule has 6 heteroatoms. The lowest BCUT2D eigenvalue weighted by Crippen LogP contribution is -2.49. The molecule has 0 N–H and O–H groups in total. The number of anilines is 1. The van der Waals surface area contributed by atoms with Crippen molar-refractivity contribution < 1.29 is 18.7 Å². The van der Waals surface area contributed by atoms with Crippen molar-refractivity contribution in [2.45, 2.75) is 12.8 Å². The summed E-state index contributed by atoms with van der Waals surface area (Å²) >= 11 is 0. The van der Waals surface area contributed by atoms with E-state index in [1.54, 1.807) is 23.1 Å². The Bertz CT molecular complexity index is 513. The van der Waals surface area contributed by atoms with Gasteiger partial charge in [-0.3, -0.25) is 9.59 Å². The van der Waals surface area contributed by atoms with Crippen LogP contribution in [0.4, 0.5) is 10.1 Å². The van der Waals surface area contributed by atoms with Crippen molar-refractivity contribution >= 4 is 17.6 Å². The molecular formula is C15H19FN2O3. The third kappa shape index (κ3) is 3.93. The van der Waals surface area contributed by atoms with Gasteiger partial charge in [0.05, 0.1) is 19.2 Å². The number of piperazine rings is 1. The average molecular weight is 294 g/mol. The first kappa shape index (κ1) is 15.3. The summed E-state index contributed by atoms with van der Waals surface area (Å²) in [6.07, 6.45) is 0.259. The van der Waals surface area contributed by atoms with Gasteiger partial charge >= 0.3 is 5.97 Å². The summed E-state index contributed by atoms with van der Waals surface area (Å²) in [7, 11) is 1.31. The largest absolute Gasteiger partial charge is 0.469 e. The van der Waals surface area contributed by atoms with Gasteiger partial charge in [-0.15, -0.1) is 0 Å². The zero-order valence-corrected chi connectivity index (χ0v) is 12.0. The smallest absolute Gasteiger partial charge is 0.306 e. The Morgan fingerprint density at radius 3 is 2.43 bits per heavy atom. The molecule has 1 saturated heterocycles. The first-order valence-electron chi connectivity index (χ1n) is 6.96. The molecule has 0 unspecified atom stereocenters. The van der Waals surface area contributed by atoms with Crippen LogP contribution in [0.1, 0.15) is 12.8 Å². The molecule has 2 rings (SSSR count). The summed E-state index contributed by atoms with van der Waals surface area (Å²) in [5, 5.41) is 0. The fourth-order valence-corrected chi connectivity index (χ4v) is 2.37. The van der Waals surface area contributed by atoms with Crippen LogP contribution in [0.25, 0.3) is 0 Å². The maximum absolute atomic E-state index is 13.7. The molecular weight excluding hydrogens is 275 g/mol. The van der Waals surface area contributed by atoms with Crippen LogP contribution in [0.15, 0.2) is 24.3 Å². The summed E-state index contributed by atoms with van der Waals surface area (Å²) in [5.41, 5.74) is 0.569. The second-order valence-electron chi connectivity index (χ2n) is 4.90. The second-order valence-corrected chi connectivity index (χ2v) is 4.90. The molecule has 114 valence electrons. The van der Waals surface area contributed by atoms with E-state index < -0.39 is 0 Å². The van der Waals surface area contributed by atoms with Crippen LogP contribution < -0.4 is 4.90 Å². The Morgan fingerprint density at radius 1 is 1.14 bits per heavy atom. The van der Waals surface area contributed by atoms with Gasteiger partial charge in [0.15, 0.2) is 0 Å². The highest BCUT2D eigenvalue weighted by molar-refractivity contribution is 5.81. The lowest BCUT2D eigenvalue weighted by atomic mass is 10.2. The number of carbonyl (C=O) groups is 2. The van der Waals surface area contributed by atoms with Crippen LogP contribution in [-0.4, -0.2) is 50.1 Å². The zero-order valence-electron chi connectivity index (χ0n) is 12.0. The van der Waals surface area contributed by atoms with Crippen molar-refractivity contribution in [2.75, 3.05) is 38.2 Å². The highest BCUT2D eigenvalue weighted by Crippen LogP contribution is 2.20. The molecule has 0 aliphatic carbocycles. The van der Waals surface area contributed by atoms with Gasteiger partial charge in [-0.1, -0.05) is 12.1 Å². The van der Waals surface area contributed by atoms with Crippen LogP contribution >= 0.6 is 0 Å². The van der Waals surface area contributed by atoms with Crippen LogP contribution in [-0.2, 0) is 14.3 Å². The molecule has 0 radical (unpaired) electrons. The number of ether oxygens (including phenoxy) is 1. The van der Waals surface area contributed by atoms with E-state index in [4.69, 9.17) is 0 Å². The van der Waals surface area contributed by atoms with Crippen molar-refractivity contribution in [3.63, 3.8) is 0 Å². The molecule has 0 atom stereocenters. The molecule has 0 bridgehead atoms. The molecule has 1 fully saturated rings. The van der Waals surface area contributed by atoms with Crippen LogP contribution in [0.5, 0.6) is 0 Å². The van der Waals surface area contributed by atoms with Crippen molar-refractivity contribution in [1.82, 2.24) is 4.90 Å². The van der Waals surface area contributed by atoms with E-state index in [2.05, 4.69) is 4.74 Å². The van der Waals surface area contributed by atoms with E-state index >= 15 is 0 Å². The van der Waals surface area contributed by atoms with Gasteiger partial charge in [0, 0.05) is 32.6 Å². The first-order chi connectivity index (χ1) is 10.1. The lowest BCUT2D eigenvalue weighted by molar-refractivity contribution is -0.143. The maximum Gasteiger partial charge on any atom is 0.306 e. The minimum atomic E-state index is -0.381. The summed E-state index contributed by atoms with van der Waals surface area (Å²) in [6, 6.07) is 6.63. The van der Waals surface area contributed by atoms with Gasteiger partial charge in [-0.05, 0) is 12.1 Å². The predicted octanol–water partition coefficient (Wildman–Crippen LogP) is 1.43. The summed E-state index contributed by atoms with van der Waals surface area (Å²) in [4.78, 5) is 26.6. The number of halogens is 1. The molecule has 1 heterocycles. The van der Waals surface area contributed by atoms with E-state index in [-0.39, 0.29) is 30.5 Å². The molecule has 21 heavy (non-hydrogen) atoms. The number of para-hydroxylation sites is 1. The molecule has 0 spiro atoms. The standard InChI is InChI=1S/C15H19FN2O3/c1-21-15(20)7-6-14(19)18-10-8-17(9-11-18)13-5-3-2-4-12(13)16/h2-5H,6-11H2,1H3. The van der Waals surface area contributed by atoms with Crippen molar-refractivity contribution in [2.24, 2.45) is 0 Å². The molecule has 0 saturated carbocycles. The quantitative estimate of drug-likeness (QED) is 0.788. The van der Waals surface area contributed by atoms with Crippen molar-refractivity contribution in [3.8, 4) is 0 Å². The Kier molecular flexibility index (Phi) is 5.14. The SMILES string of the molecule is COC(=O)CCC(=O)N1CCN(c2ccccc2F)CC1. The Hall–Kier alpha value is -2.11. The van der Waals surface area contributed by atoms with E-state index in [0.717, 1.165) is 0 Å². The van der Waals surface area contributed by atoms with Gasteiger partial charge in [-0.25, -0.2) is 4.39 Å². The average Bonchev–Trinajstić information content (AvgIpc) is 2.53. The number of hydrogen-bond donors (Lipinski definition) is 0. The molecule has 1 aliphatic heterocycles. The van der Waals surface area contributed by atoms with Gasteiger partial charge < -0.3 is 14.5 Å². The summed E-state index contributed by atoms with van der Waals surface area (Å²) < 4.78 is 18.2. The molecule has 1 aromatic carbocycles. The van der Waals surface area contributed by atoms with Crippen molar-refractivity contribution in [3.05, 3.63) is 30.1 Å². The van der Waals surface area contributed by atoms with Gasteiger partial charge in [0.1, 0.15) is 5.82 Å². The van der Waals surface area contributed by atoms with Gasteiger partial charge in [0.25, 0.3) is 0 Å². The number of rotatable bonds is 4.